The van der Waals surface area contributed by atoms with Gasteiger partial charge in [-0.15, -0.1) is 0 Å². The number of anilines is 1. The molecule has 1 aromatic carbocycles. The molecule has 0 bridgehead atoms. The molecular formula is C16H18N2O4S. The van der Waals surface area contributed by atoms with Crippen molar-refractivity contribution in [3.8, 4) is 0 Å². The third-order valence-electron chi connectivity index (χ3n) is 3.18. The fourth-order valence-electron chi connectivity index (χ4n) is 1.85. The molecule has 23 heavy (non-hydrogen) atoms. The molecule has 1 heterocycles. The van der Waals surface area contributed by atoms with E-state index in [-0.39, 0.29) is 23.2 Å². The summed E-state index contributed by atoms with van der Waals surface area (Å²) in [5.41, 5.74) is 1.35. The number of carbonyl (C=O) groups excluding carboxylic acids is 1. The lowest BCUT2D eigenvalue weighted by Crippen LogP contribution is -2.14. The second-order valence-electron chi connectivity index (χ2n) is 5.01. The molecule has 0 atom stereocenters. The van der Waals surface area contributed by atoms with Gasteiger partial charge in [-0.3, -0.25) is 4.79 Å². The van der Waals surface area contributed by atoms with Gasteiger partial charge in [0.15, 0.2) is 9.84 Å². The molecule has 0 unspecified atom stereocenters. The van der Waals surface area contributed by atoms with Crippen molar-refractivity contribution >= 4 is 21.6 Å². The molecule has 1 aromatic heterocycles. The number of ether oxygens (including phenoxy) is 1. The van der Waals surface area contributed by atoms with E-state index in [4.69, 9.17) is 4.74 Å². The van der Waals surface area contributed by atoms with E-state index in [0.717, 1.165) is 5.56 Å². The minimum atomic E-state index is -3.40. The summed E-state index contributed by atoms with van der Waals surface area (Å²) in [4.78, 5) is 16.4. The molecule has 0 aliphatic heterocycles. The summed E-state index contributed by atoms with van der Waals surface area (Å²) >= 11 is 0. The summed E-state index contributed by atoms with van der Waals surface area (Å²) in [7, 11) is -1.95. The zero-order valence-electron chi connectivity index (χ0n) is 12.9. The number of rotatable bonds is 6. The normalized spacial score (nSPS) is 11.2. The minimum absolute atomic E-state index is 0.0949. The van der Waals surface area contributed by atoms with Gasteiger partial charge in [-0.05, 0) is 42.8 Å². The van der Waals surface area contributed by atoms with Gasteiger partial charge in [0.1, 0.15) is 5.82 Å². The Morgan fingerprint density at radius 2 is 1.87 bits per heavy atom. The van der Waals surface area contributed by atoms with Crippen LogP contribution in [-0.2, 0) is 14.6 Å². The second kappa shape index (κ2) is 7.34. The SMILES string of the molecule is COCCS(=O)(=O)c1ccc(C(=O)Nc2ccc(C)cn2)cc1. The van der Waals surface area contributed by atoms with Crippen LogP contribution in [0.1, 0.15) is 15.9 Å². The van der Waals surface area contributed by atoms with Crippen molar-refractivity contribution in [3.05, 3.63) is 53.7 Å². The average Bonchev–Trinajstić information content (AvgIpc) is 2.55. The first kappa shape index (κ1) is 17.1. The van der Waals surface area contributed by atoms with E-state index >= 15 is 0 Å². The molecule has 2 aromatic rings. The lowest BCUT2D eigenvalue weighted by molar-refractivity contribution is 0.102. The molecular weight excluding hydrogens is 316 g/mol. The standard InChI is InChI=1S/C16H18N2O4S/c1-12-3-8-15(17-11-12)18-16(19)13-4-6-14(7-5-13)23(20,21)10-9-22-2/h3-8,11H,9-10H2,1-2H3,(H,17,18,19). The lowest BCUT2D eigenvalue weighted by Gasteiger charge is -2.07. The highest BCUT2D eigenvalue weighted by atomic mass is 32.2. The molecule has 0 saturated carbocycles. The smallest absolute Gasteiger partial charge is 0.256 e. The predicted molar refractivity (Wildman–Crippen MR) is 87.3 cm³/mol. The van der Waals surface area contributed by atoms with Crippen LogP contribution in [-0.4, -0.2) is 38.8 Å². The number of pyridine rings is 1. The molecule has 1 amide bonds. The maximum Gasteiger partial charge on any atom is 0.256 e. The van der Waals surface area contributed by atoms with E-state index in [2.05, 4.69) is 10.3 Å². The highest BCUT2D eigenvalue weighted by Gasteiger charge is 2.15. The van der Waals surface area contributed by atoms with E-state index in [9.17, 15) is 13.2 Å². The van der Waals surface area contributed by atoms with Gasteiger partial charge in [0.2, 0.25) is 0 Å². The Bertz CT molecular complexity index is 769. The molecule has 0 fully saturated rings. The maximum absolute atomic E-state index is 12.1. The predicted octanol–water partition coefficient (Wildman–Crippen LogP) is 2.06. The molecule has 0 spiro atoms. The van der Waals surface area contributed by atoms with Gasteiger partial charge in [0, 0.05) is 18.9 Å². The molecule has 122 valence electrons. The molecule has 2 rings (SSSR count). The van der Waals surface area contributed by atoms with Crippen molar-refractivity contribution in [1.29, 1.82) is 0 Å². The zero-order valence-corrected chi connectivity index (χ0v) is 13.8. The van der Waals surface area contributed by atoms with Crippen LogP contribution in [0.15, 0.2) is 47.5 Å². The Kier molecular flexibility index (Phi) is 5.46. The Hall–Kier alpha value is -2.25. The quantitative estimate of drug-likeness (QED) is 0.874. The van der Waals surface area contributed by atoms with E-state index < -0.39 is 9.84 Å². The maximum atomic E-state index is 12.1. The number of methoxy groups -OCH3 is 1. The Labute approximate surface area is 135 Å². The summed E-state index contributed by atoms with van der Waals surface area (Å²) in [5, 5.41) is 2.66. The van der Waals surface area contributed by atoms with E-state index in [1.807, 2.05) is 13.0 Å². The fourth-order valence-corrected chi connectivity index (χ4v) is 3.03. The van der Waals surface area contributed by atoms with Crippen LogP contribution in [0.5, 0.6) is 0 Å². The van der Waals surface area contributed by atoms with Crippen molar-refractivity contribution in [2.24, 2.45) is 0 Å². The van der Waals surface area contributed by atoms with Crippen LogP contribution in [0.2, 0.25) is 0 Å². The highest BCUT2D eigenvalue weighted by Crippen LogP contribution is 2.14. The van der Waals surface area contributed by atoms with Crippen molar-refractivity contribution in [3.63, 3.8) is 0 Å². The fraction of sp³-hybridized carbons (Fsp3) is 0.250. The number of sulfone groups is 1. The third kappa shape index (κ3) is 4.61. The van der Waals surface area contributed by atoms with Gasteiger partial charge in [-0.25, -0.2) is 13.4 Å². The average molecular weight is 334 g/mol. The van der Waals surface area contributed by atoms with Crippen LogP contribution < -0.4 is 5.32 Å². The molecule has 7 heteroatoms. The first-order valence-electron chi connectivity index (χ1n) is 6.98. The van der Waals surface area contributed by atoms with Crippen LogP contribution in [0, 0.1) is 6.92 Å². The number of nitrogens with one attached hydrogen (secondary N) is 1. The number of hydrogen-bond acceptors (Lipinski definition) is 5. The van der Waals surface area contributed by atoms with Crippen LogP contribution >= 0.6 is 0 Å². The Balaban J connectivity index is 2.09. The highest BCUT2D eigenvalue weighted by molar-refractivity contribution is 7.91. The minimum Gasteiger partial charge on any atom is -0.384 e. The number of nitrogens with zero attached hydrogens (tertiary/aromatic N) is 1. The number of amides is 1. The molecule has 1 N–H and O–H groups in total. The zero-order chi connectivity index (χ0) is 16.9. The molecule has 6 nitrogen and oxygen atoms in total. The number of aryl methyl sites for hydroxylation is 1. The second-order valence-corrected chi connectivity index (χ2v) is 7.12. The number of benzene rings is 1. The summed E-state index contributed by atoms with van der Waals surface area (Å²) in [6, 6.07) is 9.34. The largest absolute Gasteiger partial charge is 0.384 e. The van der Waals surface area contributed by atoms with Crippen LogP contribution in [0.25, 0.3) is 0 Å². The first-order chi connectivity index (χ1) is 10.9. The van der Waals surface area contributed by atoms with Gasteiger partial charge in [-0.2, -0.15) is 0 Å². The van der Waals surface area contributed by atoms with E-state index in [1.165, 1.54) is 31.4 Å². The molecule has 0 aliphatic carbocycles. The van der Waals surface area contributed by atoms with Crippen molar-refractivity contribution in [2.45, 2.75) is 11.8 Å². The van der Waals surface area contributed by atoms with Gasteiger partial charge in [0.25, 0.3) is 5.91 Å². The molecule has 0 radical (unpaired) electrons. The lowest BCUT2D eigenvalue weighted by atomic mass is 10.2. The third-order valence-corrected chi connectivity index (χ3v) is 4.88. The van der Waals surface area contributed by atoms with E-state index in [0.29, 0.717) is 11.4 Å². The first-order valence-corrected chi connectivity index (χ1v) is 8.63. The summed E-state index contributed by atoms with van der Waals surface area (Å²) in [5.74, 6) is 0.00193. The number of hydrogen-bond donors (Lipinski definition) is 1. The van der Waals surface area contributed by atoms with Gasteiger partial charge < -0.3 is 10.1 Å². The Morgan fingerprint density at radius 1 is 1.17 bits per heavy atom. The monoisotopic (exact) mass is 334 g/mol. The summed E-state index contributed by atoms with van der Waals surface area (Å²) < 4.78 is 28.8. The van der Waals surface area contributed by atoms with Gasteiger partial charge in [0.05, 0.1) is 17.3 Å². The van der Waals surface area contributed by atoms with Crippen LogP contribution in [0.4, 0.5) is 5.82 Å². The van der Waals surface area contributed by atoms with E-state index in [1.54, 1.807) is 12.3 Å². The van der Waals surface area contributed by atoms with Crippen LogP contribution in [0.3, 0.4) is 0 Å². The Morgan fingerprint density at radius 3 is 2.43 bits per heavy atom. The van der Waals surface area contributed by atoms with Gasteiger partial charge >= 0.3 is 0 Å². The molecule has 0 saturated heterocycles. The van der Waals surface area contributed by atoms with Crippen molar-refractivity contribution < 1.29 is 17.9 Å². The number of carbonyl (C=O) groups is 1. The topological polar surface area (TPSA) is 85.4 Å². The summed E-state index contributed by atoms with van der Waals surface area (Å²) in [6.45, 7) is 2.03. The van der Waals surface area contributed by atoms with Crippen molar-refractivity contribution in [1.82, 2.24) is 4.98 Å². The number of aromatic nitrogens is 1. The van der Waals surface area contributed by atoms with Crippen molar-refractivity contribution in [2.75, 3.05) is 24.8 Å². The molecule has 0 aliphatic rings. The summed E-state index contributed by atoms with van der Waals surface area (Å²) in [6.07, 6.45) is 1.65. The van der Waals surface area contributed by atoms with Gasteiger partial charge in [-0.1, -0.05) is 6.07 Å².